The molecule has 0 N–H and O–H groups in total. The van der Waals surface area contributed by atoms with Crippen LogP contribution in [0.25, 0.3) is 0 Å². The standard InChI is InChI=1S/C6H9NO3S/c1-7(2)11(8,9)6-4-3-5-10-6/h3-5H,1-2H3. The lowest BCUT2D eigenvalue weighted by Crippen LogP contribution is -2.21. The lowest BCUT2D eigenvalue weighted by Gasteiger charge is -2.06. The third kappa shape index (κ3) is 1.44. The molecule has 11 heavy (non-hydrogen) atoms. The van der Waals surface area contributed by atoms with Crippen LogP contribution in [-0.4, -0.2) is 26.8 Å². The van der Waals surface area contributed by atoms with E-state index < -0.39 is 10.0 Å². The van der Waals surface area contributed by atoms with E-state index in [1.165, 1.54) is 32.5 Å². The van der Waals surface area contributed by atoms with Crippen molar-refractivity contribution >= 4 is 10.0 Å². The van der Waals surface area contributed by atoms with Gasteiger partial charge in [0, 0.05) is 14.1 Å². The normalized spacial score (nSPS) is 12.3. The molecule has 0 spiro atoms. The molecule has 62 valence electrons. The molecule has 0 bridgehead atoms. The molecule has 0 aliphatic carbocycles. The zero-order chi connectivity index (χ0) is 8.48. The van der Waals surface area contributed by atoms with Crippen LogP contribution in [0.1, 0.15) is 0 Å². The molecule has 5 heteroatoms. The van der Waals surface area contributed by atoms with Crippen LogP contribution >= 0.6 is 0 Å². The van der Waals surface area contributed by atoms with E-state index >= 15 is 0 Å². The van der Waals surface area contributed by atoms with Gasteiger partial charge in [0.05, 0.1) is 6.26 Å². The van der Waals surface area contributed by atoms with Crippen molar-refractivity contribution in [2.24, 2.45) is 0 Å². The van der Waals surface area contributed by atoms with Gasteiger partial charge in [0.2, 0.25) is 5.09 Å². The van der Waals surface area contributed by atoms with E-state index in [2.05, 4.69) is 0 Å². The Balaban J connectivity index is 3.12. The molecule has 4 nitrogen and oxygen atoms in total. The van der Waals surface area contributed by atoms with Gasteiger partial charge in [-0.15, -0.1) is 0 Å². The minimum absolute atomic E-state index is 0.0255. The van der Waals surface area contributed by atoms with Crippen LogP contribution in [-0.2, 0) is 10.0 Å². The van der Waals surface area contributed by atoms with Crippen molar-refractivity contribution in [2.75, 3.05) is 14.1 Å². The summed E-state index contributed by atoms with van der Waals surface area (Å²) < 4.78 is 28.3. The number of sulfonamides is 1. The highest BCUT2D eigenvalue weighted by Gasteiger charge is 2.19. The Morgan fingerprint density at radius 2 is 2.09 bits per heavy atom. The van der Waals surface area contributed by atoms with E-state index in [-0.39, 0.29) is 5.09 Å². The van der Waals surface area contributed by atoms with E-state index in [1.54, 1.807) is 0 Å². The molecule has 0 saturated heterocycles. The first-order chi connectivity index (χ1) is 5.05. The van der Waals surface area contributed by atoms with Gasteiger partial charge < -0.3 is 4.42 Å². The van der Waals surface area contributed by atoms with Gasteiger partial charge >= 0.3 is 0 Å². The van der Waals surface area contributed by atoms with Crippen molar-refractivity contribution in [3.05, 3.63) is 18.4 Å². The fourth-order valence-electron chi connectivity index (χ4n) is 0.590. The monoisotopic (exact) mass is 175 g/mol. The molecule has 1 heterocycles. The van der Waals surface area contributed by atoms with Crippen molar-refractivity contribution in [3.8, 4) is 0 Å². The Morgan fingerprint density at radius 1 is 1.45 bits per heavy atom. The first kappa shape index (κ1) is 8.29. The van der Waals surface area contributed by atoms with E-state index in [1.807, 2.05) is 0 Å². The first-order valence-corrected chi connectivity index (χ1v) is 4.45. The smallest absolute Gasteiger partial charge is 0.275 e. The SMILES string of the molecule is CN(C)S(=O)(=O)c1ccco1. The second kappa shape index (κ2) is 2.67. The van der Waals surface area contributed by atoms with Crippen LogP contribution in [0.15, 0.2) is 27.9 Å². The summed E-state index contributed by atoms with van der Waals surface area (Å²) in [7, 11) is -0.454. The van der Waals surface area contributed by atoms with Crippen LogP contribution in [0.3, 0.4) is 0 Å². The molecule has 0 aromatic carbocycles. The maximum Gasteiger partial charge on any atom is 0.275 e. The number of hydrogen-bond donors (Lipinski definition) is 0. The summed E-state index contributed by atoms with van der Waals surface area (Å²) in [6.07, 6.45) is 1.33. The predicted octanol–water partition coefficient (Wildman–Crippen LogP) is 0.530. The van der Waals surface area contributed by atoms with Crippen molar-refractivity contribution in [2.45, 2.75) is 5.09 Å². The minimum Gasteiger partial charge on any atom is -0.452 e. The highest BCUT2D eigenvalue weighted by atomic mass is 32.2. The van der Waals surface area contributed by atoms with Gasteiger partial charge in [-0.25, -0.2) is 12.7 Å². The molecular weight excluding hydrogens is 166 g/mol. The molecule has 1 aromatic heterocycles. The summed E-state index contributed by atoms with van der Waals surface area (Å²) in [5, 5.41) is -0.0255. The predicted molar refractivity (Wildman–Crippen MR) is 39.6 cm³/mol. The fourth-order valence-corrected chi connectivity index (χ4v) is 1.38. The Morgan fingerprint density at radius 3 is 2.45 bits per heavy atom. The molecule has 1 rings (SSSR count). The Kier molecular flexibility index (Phi) is 2.01. The van der Waals surface area contributed by atoms with E-state index in [0.29, 0.717) is 0 Å². The maximum atomic E-state index is 11.2. The van der Waals surface area contributed by atoms with Gasteiger partial charge in [0.25, 0.3) is 10.0 Å². The molecule has 0 aliphatic rings. The molecule has 0 atom stereocenters. The van der Waals surface area contributed by atoms with Crippen molar-refractivity contribution in [1.82, 2.24) is 4.31 Å². The lowest BCUT2D eigenvalue weighted by atomic mass is 10.7. The average molecular weight is 175 g/mol. The highest BCUT2D eigenvalue weighted by molar-refractivity contribution is 7.88. The molecule has 0 unspecified atom stereocenters. The van der Waals surface area contributed by atoms with Crippen LogP contribution in [0.4, 0.5) is 0 Å². The average Bonchev–Trinajstić information content (AvgIpc) is 2.37. The summed E-state index contributed by atoms with van der Waals surface area (Å²) >= 11 is 0. The number of hydrogen-bond acceptors (Lipinski definition) is 3. The number of nitrogens with zero attached hydrogens (tertiary/aromatic N) is 1. The quantitative estimate of drug-likeness (QED) is 0.658. The van der Waals surface area contributed by atoms with Crippen molar-refractivity contribution < 1.29 is 12.8 Å². The van der Waals surface area contributed by atoms with Gasteiger partial charge in [-0.1, -0.05) is 0 Å². The van der Waals surface area contributed by atoms with E-state index in [9.17, 15) is 8.42 Å². The van der Waals surface area contributed by atoms with E-state index in [4.69, 9.17) is 4.42 Å². The second-order valence-corrected chi connectivity index (χ2v) is 4.30. The summed E-state index contributed by atoms with van der Waals surface area (Å²) in [5.74, 6) is 0. The molecule has 0 fully saturated rings. The zero-order valence-corrected chi connectivity index (χ0v) is 7.13. The van der Waals surface area contributed by atoms with Crippen LogP contribution in [0.5, 0.6) is 0 Å². The summed E-state index contributed by atoms with van der Waals surface area (Å²) in [6, 6.07) is 2.95. The highest BCUT2D eigenvalue weighted by Crippen LogP contribution is 2.11. The van der Waals surface area contributed by atoms with Crippen LogP contribution in [0.2, 0.25) is 0 Å². The van der Waals surface area contributed by atoms with Gasteiger partial charge in [0.1, 0.15) is 0 Å². The molecule has 0 radical (unpaired) electrons. The second-order valence-electron chi connectivity index (χ2n) is 2.22. The largest absolute Gasteiger partial charge is 0.452 e. The maximum absolute atomic E-state index is 11.2. The first-order valence-electron chi connectivity index (χ1n) is 3.01. The van der Waals surface area contributed by atoms with Gasteiger partial charge in [-0.3, -0.25) is 0 Å². The molecule has 1 aromatic rings. The topological polar surface area (TPSA) is 50.5 Å². The van der Waals surface area contributed by atoms with E-state index in [0.717, 1.165) is 4.31 Å². The Hall–Kier alpha value is -0.810. The summed E-state index contributed by atoms with van der Waals surface area (Å²) in [4.78, 5) is 0. The van der Waals surface area contributed by atoms with Crippen molar-refractivity contribution in [1.29, 1.82) is 0 Å². The fraction of sp³-hybridized carbons (Fsp3) is 0.333. The molecule has 0 aliphatic heterocycles. The Labute approximate surface area is 65.5 Å². The zero-order valence-electron chi connectivity index (χ0n) is 6.31. The van der Waals surface area contributed by atoms with Crippen molar-refractivity contribution in [3.63, 3.8) is 0 Å². The molecular formula is C6H9NO3S. The molecule has 0 amide bonds. The molecule has 0 saturated carbocycles. The summed E-state index contributed by atoms with van der Waals surface area (Å²) in [6.45, 7) is 0. The number of furan rings is 1. The Bertz CT molecular complexity index is 312. The van der Waals surface area contributed by atoms with Gasteiger partial charge in [-0.05, 0) is 12.1 Å². The van der Waals surface area contributed by atoms with Gasteiger partial charge in [-0.2, -0.15) is 0 Å². The van der Waals surface area contributed by atoms with Gasteiger partial charge in [0.15, 0.2) is 0 Å². The van der Waals surface area contributed by atoms with Crippen LogP contribution in [0, 0.1) is 0 Å². The minimum atomic E-state index is -3.37. The number of rotatable bonds is 2. The third-order valence-corrected chi connectivity index (χ3v) is 2.93. The third-order valence-electron chi connectivity index (χ3n) is 1.23. The summed E-state index contributed by atoms with van der Waals surface area (Å²) in [5.41, 5.74) is 0. The lowest BCUT2D eigenvalue weighted by molar-refractivity contribution is 0.426. The van der Waals surface area contributed by atoms with Crippen LogP contribution < -0.4 is 0 Å².